The van der Waals surface area contributed by atoms with E-state index in [1.807, 2.05) is 43.3 Å². The van der Waals surface area contributed by atoms with Gasteiger partial charge in [-0.15, -0.1) is 0 Å². The number of carbonyl (C=O) groups is 1. The fourth-order valence-corrected chi connectivity index (χ4v) is 4.91. The minimum atomic E-state index is -0.249. The summed E-state index contributed by atoms with van der Waals surface area (Å²) in [5.41, 5.74) is 4.53. The summed E-state index contributed by atoms with van der Waals surface area (Å²) in [6.45, 7) is 2.03. The van der Waals surface area contributed by atoms with Crippen molar-refractivity contribution in [2.75, 3.05) is 5.32 Å². The number of thiazole rings is 1. The van der Waals surface area contributed by atoms with Gasteiger partial charge in [0, 0.05) is 16.0 Å². The predicted molar refractivity (Wildman–Crippen MR) is 130 cm³/mol. The van der Waals surface area contributed by atoms with E-state index in [4.69, 9.17) is 28.2 Å². The molecular formula is C24H15Cl2N3OS. The summed E-state index contributed by atoms with van der Waals surface area (Å²) in [5, 5.41) is 5.27. The molecule has 3 aromatic carbocycles. The number of rotatable bonds is 3. The lowest BCUT2D eigenvalue weighted by atomic mass is 10.0. The summed E-state index contributed by atoms with van der Waals surface area (Å²) in [4.78, 5) is 22.5. The molecule has 0 aliphatic rings. The van der Waals surface area contributed by atoms with Gasteiger partial charge in [-0.05, 0) is 55.0 Å². The van der Waals surface area contributed by atoms with Crippen molar-refractivity contribution in [1.29, 1.82) is 0 Å². The van der Waals surface area contributed by atoms with Crippen molar-refractivity contribution in [3.63, 3.8) is 0 Å². The maximum Gasteiger partial charge on any atom is 0.258 e. The lowest BCUT2D eigenvalue weighted by molar-refractivity contribution is 0.102. The molecule has 0 aliphatic heterocycles. The van der Waals surface area contributed by atoms with Crippen LogP contribution >= 0.6 is 34.5 Å². The summed E-state index contributed by atoms with van der Waals surface area (Å²) in [6, 6.07) is 20.5. The van der Waals surface area contributed by atoms with Crippen molar-refractivity contribution in [1.82, 2.24) is 9.97 Å². The van der Waals surface area contributed by atoms with Crippen LogP contribution < -0.4 is 5.32 Å². The molecular weight excluding hydrogens is 449 g/mol. The van der Waals surface area contributed by atoms with Crippen LogP contribution in [0.2, 0.25) is 10.0 Å². The Morgan fingerprint density at radius 1 is 0.935 bits per heavy atom. The van der Waals surface area contributed by atoms with E-state index >= 15 is 0 Å². The molecule has 0 spiro atoms. The summed E-state index contributed by atoms with van der Waals surface area (Å²) < 4.78 is 1.03. The minimum absolute atomic E-state index is 0.249. The number of nitrogens with one attached hydrogen (secondary N) is 1. The fourth-order valence-electron chi connectivity index (χ4n) is 3.45. The Hall–Kier alpha value is -2.99. The first-order valence-corrected chi connectivity index (χ1v) is 11.1. The Labute approximate surface area is 192 Å². The molecule has 0 fully saturated rings. The second kappa shape index (κ2) is 7.93. The summed E-state index contributed by atoms with van der Waals surface area (Å²) in [6.07, 6.45) is 0. The Balaban J connectivity index is 1.59. The first-order valence-electron chi connectivity index (χ1n) is 9.52. The molecule has 0 saturated heterocycles. The fraction of sp³-hybridized carbons (Fsp3) is 0.0417. The van der Waals surface area contributed by atoms with Gasteiger partial charge in [0.2, 0.25) is 0 Å². The number of fused-ring (bicyclic) bond motifs is 2. The van der Waals surface area contributed by atoms with Crippen LogP contribution in [-0.2, 0) is 0 Å². The number of anilines is 1. The van der Waals surface area contributed by atoms with Crippen molar-refractivity contribution in [2.45, 2.75) is 6.92 Å². The van der Waals surface area contributed by atoms with Gasteiger partial charge in [0.25, 0.3) is 5.91 Å². The third-order valence-corrected chi connectivity index (χ3v) is 6.41. The zero-order chi connectivity index (χ0) is 21.5. The third-order valence-electron chi connectivity index (χ3n) is 4.93. The largest absolute Gasteiger partial charge is 0.298 e. The number of hydrogen-bond acceptors (Lipinski definition) is 4. The smallest absolute Gasteiger partial charge is 0.258 e. The lowest BCUT2D eigenvalue weighted by Crippen LogP contribution is -2.13. The number of halogens is 2. The van der Waals surface area contributed by atoms with Crippen molar-refractivity contribution in [2.24, 2.45) is 0 Å². The van der Waals surface area contributed by atoms with Crippen LogP contribution in [0.3, 0.4) is 0 Å². The number of nitrogens with zero attached hydrogens (tertiary/aromatic N) is 2. The molecule has 7 heteroatoms. The molecule has 0 saturated carbocycles. The molecule has 1 amide bonds. The Morgan fingerprint density at radius 2 is 1.77 bits per heavy atom. The zero-order valence-corrected chi connectivity index (χ0v) is 18.6. The highest BCUT2D eigenvalue weighted by molar-refractivity contribution is 7.22. The highest BCUT2D eigenvalue weighted by Crippen LogP contribution is 2.33. The number of hydrogen-bond donors (Lipinski definition) is 1. The predicted octanol–water partition coefficient (Wildman–Crippen LogP) is 7.38. The second-order valence-electron chi connectivity index (χ2n) is 7.14. The summed E-state index contributed by atoms with van der Waals surface area (Å²) in [7, 11) is 0. The first kappa shape index (κ1) is 19.9. The Morgan fingerprint density at radius 3 is 2.61 bits per heavy atom. The minimum Gasteiger partial charge on any atom is -0.298 e. The summed E-state index contributed by atoms with van der Waals surface area (Å²) in [5.74, 6) is -0.249. The number of benzene rings is 3. The highest BCUT2D eigenvalue weighted by Gasteiger charge is 2.17. The maximum atomic E-state index is 13.3. The van der Waals surface area contributed by atoms with E-state index in [9.17, 15) is 4.79 Å². The van der Waals surface area contributed by atoms with Crippen LogP contribution in [-0.4, -0.2) is 15.9 Å². The monoisotopic (exact) mass is 463 g/mol. The Kier molecular flexibility index (Phi) is 5.10. The average Bonchev–Trinajstić information content (AvgIpc) is 3.14. The molecule has 4 nitrogen and oxygen atoms in total. The third kappa shape index (κ3) is 3.88. The molecule has 5 aromatic rings. The van der Waals surface area contributed by atoms with E-state index in [-0.39, 0.29) is 5.91 Å². The first-order chi connectivity index (χ1) is 15.0. The molecule has 1 N–H and O–H groups in total. The number of aryl methyl sites for hydroxylation is 1. The van der Waals surface area contributed by atoms with Gasteiger partial charge in [0.05, 0.1) is 32.0 Å². The van der Waals surface area contributed by atoms with Crippen LogP contribution in [0.1, 0.15) is 15.9 Å². The molecule has 31 heavy (non-hydrogen) atoms. The van der Waals surface area contributed by atoms with Gasteiger partial charge in [-0.25, -0.2) is 9.97 Å². The van der Waals surface area contributed by atoms with Crippen LogP contribution in [0.25, 0.3) is 32.4 Å². The maximum absolute atomic E-state index is 13.3. The molecule has 0 bridgehead atoms. The molecule has 0 atom stereocenters. The van der Waals surface area contributed by atoms with Gasteiger partial charge in [0.1, 0.15) is 0 Å². The summed E-state index contributed by atoms with van der Waals surface area (Å²) >= 11 is 13.9. The van der Waals surface area contributed by atoms with Crippen LogP contribution in [0.15, 0.2) is 66.7 Å². The molecule has 0 aliphatic carbocycles. The quantitative estimate of drug-likeness (QED) is 0.303. The van der Waals surface area contributed by atoms with E-state index < -0.39 is 0 Å². The normalized spacial score (nSPS) is 11.2. The number of aromatic nitrogens is 2. The van der Waals surface area contributed by atoms with Gasteiger partial charge in [-0.3, -0.25) is 10.1 Å². The lowest BCUT2D eigenvalue weighted by Gasteiger charge is -2.11. The van der Waals surface area contributed by atoms with Crippen LogP contribution in [0.4, 0.5) is 5.13 Å². The van der Waals surface area contributed by atoms with Gasteiger partial charge < -0.3 is 0 Å². The Bertz CT molecular complexity index is 1480. The van der Waals surface area contributed by atoms with Crippen LogP contribution in [0, 0.1) is 6.92 Å². The highest BCUT2D eigenvalue weighted by atomic mass is 35.5. The number of pyridine rings is 1. The van der Waals surface area contributed by atoms with Gasteiger partial charge in [0.15, 0.2) is 5.13 Å². The van der Waals surface area contributed by atoms with E-state index in [1.54, 1.807) is 24.3 Å². The van der Waals surface area contributed by atoms with Crippen molar-refractivity contribution < 1.29 is 4.79 Å². The molecule has 152 valence electrons. The van der Waals surface area contributed by atoms with E-state index in [0.717, 1.165) is 21.2 Å². The van der Waals surface area contributed by atoms with Gasteiger partial charge >= 0.3 is 0 Å². The van der Waals surface area contributed by atoms with E-state index in [0.29, 0.717) is 37.5 Å². The molecule has 2 aromatic heterocycles. The van der Waals surface area contributed by atoms with E-state index in [2.05, 4.69) is 16.4 Å². The zero-order valence-electron chi connectivity index (χ0n) is 16.3. The standard InChI is InChI=1S/C24H15Cl2N3OS/c1-13-6-9-20-22(10-13)31-24(28-20)29-23(30)17-12-21(16-8-7-14(25)11-18(16)26)27-19-5-3-2-4-15(17)19/h2-12H,1H3,(H,28,29,30). The second-order valence-corrected chi connectivity index (χ2v) is 9.01. The average molecular weight is 464 g/mol. The molecule has 2 heterocycles. The van der Waals surface area contributed by atoms with Crippen LogP contribution in [0.5, 0.6) is 0 Å². The topological polar surface area (TPSA) is 54.9 Å². The number of amides is 1. The molecule has 5 rings (SSSR count). The number of carbonyl (C=O) groups excluding carboxylic acids is 1. The van der Waals surface area contributed by atoms with Crippen molar-refractivity contribution in [3.8, 4) is 11.3 Å². The van der Waals surface area contributed by atoms with Gasteiger partial charge in [-0.2, -0.15) is 0 Å². The van der Waals surface area contributed by atoms with Gasteiger partial charge in [-0.1, -0.05) is 58.8 Å². The van der Waals surface area contributed by atoms with Crippen molar-refractivity contribution >= 4 is 66.7 Å². The SMILES string of the molecule is Cc1ccc2nc(NC(=O)c3cc(-c4ccc(Cl)cc4Cl)nc4ccccc34)sc2c1. The van der Waals surface area contributed by atoms with E-state index in [1.165, 1.54) is 11.3 Å². The molecule has 0 unspecified atom stereocenters. The molecule has 0 radical (unpaired) electrons. The number of para-hydroxylation sites is 1. The van der Waals surface area contributed by atoms with Crippen molar-refractivity contribution in [3.05, 3.63) is 87.9 Å².